The van der Waals surface area contributed by atoms with Crippen molar-refractivity contribution in [3.63, 3.8) is 0 Å². The van der Waals surface area contributed by atoms with Crippen LogP contribution in [0.3, 0.4) is 0 Å². The van der Waals surface area contributed by atoms with Crippen molar-refractivity contribution in [3.8, 4) is 0 Å². The van der Waals surface area contributed by atoms with Crippen LogP contribution < -0.4 is 0 Å². The van der Waals surface area contributed by atoms with Gasteiger partial charge in [-0.3, -0.25) is 0 Å². The van der Waals surface area contributed by atoms with Gasteiger partial charge >= 0.3 is 0 Å². The molecule has 1 heteroatoms. The summed E-state index contributed by atoms with van der Waals surface area (Å²) < 4.78 is 0. The Balaban J connectivity index is 2.16. The highest BCUT2D eigenvalue weighted by molar-refractivity contribution is 4.82. The highest BCUT2D eigenvalue weighted by Crippen LogP contribution is 2.28. The molecule has 0 amide bonds. The predicted octanol–water partition coefficient (Wildman–Crippen LogP) is 4.86. The first-order chi connectivity index (χ1) is 8.27. The molecular weight excluding hydrogens is 206 g/mol. The van der Waals surface area contributed by atoms with Gasteiger partial charge in [0.15, 0.2) is 0 Å². The van der Waals surface area contributed by atoms with Crippen LogP contribution in [0.25, 0.3) is 0 Å². The number of hydrogen-bond acceptors (Lipinski definition) is 1. The number of likely N-dealkylation sites (tertiary alicyclic amines) is 1. The Morgan fingerprint density at radius 3 is 2.24 bits per heavy atom. The van der Waals surface area contributed by atoms with Crippen LogP contribution in [0, 0.1) is 5.92 Å². The lowest BCUT2D eigenvalue weighted by molar-refractivity contribution is 0.0971. The second-order valence-corrected chi connectivity index (χ2v) is 6.02. The van der Waals surface area contributed by atoms with Crippen LogP contribution in [-0.4, -0.2) is 24.5 Å². The maximum atomic E-state index is 2.55. The monoisotopic (exact) mass is 239 g/mol. The molecule has 1 aliphatic rings. The molecule has 0 aliphatic carbocycles. The van der Waals surface area contributed by atoms with Crippen LogP contribution in [0.2, 0.25) is 0 Å². The normalized spacial score (nSPS) is 22.4. The lowest BCUT2D eigenvalue weighted by Gasteiger charge is -2.40. The summed E-state index contributed by atoms with van der Waals surface area (Å²) in [5.74, 6) is 1.01. The summed E-state index contributed by atoms with van der Waals surface area (Å²) in [6.45, 7) is 5.96. The molecule has 1 heterocycles. The van der Waals surface area contributed by atoms with E-state index in [0.29, 0.717) is 0 Å². The van der Waals surface area contributed by atoms with E-state index in [-0.39, 0.29) is 0 Å². The van der Waals surface area contributed by atoms with E-state index in [1.54, 1.807) is 0 Å². The van der Waals surface area contributed by atoms with Crippen LogP contribution in [0.4, 0.5) is 0 Å². The van der Waals surface area contributed by atoms with Gasteiger partial charge in [0, 0.05) is 6.04 Å². The van der Waals surface area contributed by atoms with E-state index in [4.69, 9.17) is 0 Å². The third-order valence-corrected chi connectivity index (χ3v) is 4.48. The molecule has 0 radical (unpaired) electrons. The summed E-state index contributed by atoms with van der Waals surface area (Å²) in [5.41, 5.74) is 0. The molecular formula is C16H33N. The molecule has 1 saturated heterocycles. The summed E-state index contributed by atoms with van der Waals surface area (Å²) in [6.07, 6.45) is 14.4. The standard InChI is InChI=1S/C16H33N/c1-4-6-8-9-11-15(10-7-5-2)14-16-12-13-17(16)3/h15-16H,4-14H2,1-3H3/t15?,16-/m1/s1. The van der Waals surface area contributed by atoms with Crippen LogP contribution in [0.5, 0.6) is 0 Å². The summed E-state index contributed by atoms with van der Waals surface area (Å²) in [4.78, 5) is 2.55. The van der Waals surface area contributed by atoms with E-state index in [9.17, 15) is 0 Å². The lowest BCUT2D eigenvalue weighted by Crippen LogP contribution is -2.45. The van der Waals surface area contributed by atoms with Crippen molar-refractivity contribution < 1.29 is 0 Å². The Hall–Kier alpha value is -0.0400. The van der Waals surface area contributed by atoms with Crippen molar-refractivity contribution in [1.29, 1.82) is 0 Å². The van der Waals surface area contributed by atoms with Gasteiger partial charge in [-0.25, -0.2) is 0 Å². The maximum Gasteiger partial charge on any atom is 0.0107 e. The Kier molecular flexibility index (Phi) is 7.92. The minimum Gasteiger partial charge on any atom is -0.303 e. The smallest absolute Gasteiger partial charge is 0.0107 e. The molecule has 0 bridgehead atoms. The zero-order valence-corrected chi connectivity index (χ0v) is 12.4. The number of rotatable bonds is 10. The summed E-state index contributed by atoms with van der Waals surface area (Å²) in [6, 6.07) is 0.919. The zero-order chi connectivity index (χ0) is 12.5. The zero-order valence-electron chi connectivity index (χ0n) is 12.4. The largest absolute Gasteiger partial charge is 0.303 e. The average molecular weight is 239 g/mol. The molecule has 1 nitrogen and oxygen atoms in total. The number of unbranched alkanes of at least 4 members (excludes halogenated alkanes) is 4. The summed E-state index contributed by atoms with van der Waals surface area (Å²) in [5, 5.41) is 0. The van der Waals surface area contributed by atoms with E-state index in [1.807, 2.05) is 0 Å². The minimum absolute atomic E-state index is 0.919. The van der Waals surface area contributed by atoms with Gasteiger partial charge in [-0.1, -0.05) is 65.2 Å². The molecule has 2 atom stereocenters. The third-order valence-electron chi connectivity index (χ3n) is 4.48. The van der Waals surface area contributed by atoms with Gasteiger partial charge in [0.25, 0.3) is 0 Å². The number of nitrogens with zero attached hydrogens (tertiary/aromatic N) is 1. The number of hydrogen-bond donors (Lipinski definition) is 0. The van der Waals surface area contributed by atoms with Gasteiger partial charge in [0.1, 0.15) is 0 Å². The molecule has 0 aromatic heterocycles. The van der Waals surface area contributed by atoms with Gasteiger partial charge in [-0.15, -0.1) is 0 Å². The van der Waals surface area contributed by atoms with Crippen LogP contribution >= 0.6 is 0 Å². The average Bonchev–Trinajstić information content (AvgIpc) is 2.34. The van der Waals surface area contributed by atoms with E-state index >= 15 is 0 Å². The Morgan fingerprint density at radius 2 is 1.71 bits per heavy atom. The van der Waals surface area contributed by atoms with Gasteiger partial charge in [-0.05, 0) is 32.4 Å². The Labute approximate surface area is 109 Å². The Morgan fingerprint density at radius 1 is 1.00 bits per heavy atom. The molecule has 1 fully saturated rings. The van der Waals surface area contributed by atoms with Crippen molar-refractivity contribution in [1.82, 2.24) is 4.90 Å². The van der Waals surface area contributed by atoms with E-state index < -0.39 is 0 Å². The first-order valence-electron chi connectivity index (χ1n) is 7.98. The first-order valence-corrected chi connectivity index (χ1v) is 7.98. The van der Waals surface area contributed by atoms with Gasteiger partial charge < -0.3 is 4.90 Å². The second kappa shape index (κ2) is 8.97. The molecule has 102 valence electrons. The van der Waals surface area contributed by atoms with E-state index in [0.717, 1.165) is 12.0 Å². The molecule has 17 heavy (non-hydrogen) atoms. The van der Waals surface area contributed by atoms with Crippen LogP contribution in [-0.2, 0) is 0 Å². The SMILES string of the molecule is CCCCCCC(CCCC)C[C@H]1CCN1C. The van der Waals surface area contributed by atoms with Crippen LogP contribution in [0.1, 0.15) is 78.1 Å². The van der Waals surface area contributed by atoms with Crippen molar-refractivity contribution in [2.75, 3.05) is 13.6 Å². The fourth-order valence-electron chi connectivity index (χ4n) is 2.99. The molecule has 0 saturated carbocycles. The minimum atomic E-state index is 0.919. The maximum absolute atomic E-state index is 2.55. The molecule has 0 aromatic carbocycles. The van der Waals surface area contributed by atoms with Gasteiger partial charge in [0.2, 0.25) is 0 Å². The van der Waals surface area contributed by atoms with Gasteiger partial charge in [-0.2, -0.15) is 0 Å². The third kappa shape index (κ3) is 5.90. The topological polar surface area (TPSA) is 3.24 Å². The van der Waals surface area contributed by atoms with Crippen molar-refractivity contribution >= 4 is 0 Å². The van der Waals surface area contributed by atoms with E-state index in [1.165, 1.54) is 70.8 Å². The molecule has 1 rings (SSSR count). The van der Waals surface area contributed by atoms with Crippen molar-refractivity contribution in [3.05, 3.63) is 0 Å². The van der Waals surface area contributed by atoms with E-state index in [2.05, 4.69) is 25.8 Å². The van der Waals surface area contributed by atoms with Gasteiger partial charge in [0.05, 0.1) is 0 Å². The highest BCUT2D eigenvalue weighted by Gasteiger charge is 2.26. The molecule has 0 aromatic rings. The fraction of sp³-hybridized carbons (Fsp3) is 1.00. The summed E-state index contributed by atoms with van der Waals surface area (Å²) in [7, 11) is 2.29. The molecule has 1 unspecified atom stereocenters. The molecule has 0 N–H and O–H groups in total. The van der Waals surface area contributed by atoms with Crippen molar-refractivity contribution in [2.24, 2.45) is 5.92 Å². The summed E-state index contributed by atoms with van der Waals surface area (Å²) >= 11 is 0. The molecule has 0 spiro atoms. The molecule has 1 aliphatic heterocycles. The van der Waals surface area contributed by atoms with Crippen LogP contribution in [0.15, 0.2) is 0 Å². The first kappa shape index (κ1) is 15.0. The fourth-order valence-corrected chi connectivity index (χ4v) is 2.99. The quantitative estimate of drug-likeness (QED) is 0.492. The second-order valence-electron chi connectivity index (χ2n) is 6.02. The lowest BCUT2D eigenvalue weighted by atomic mass is 9.85. The predicted molar refractivity (Wildman–Crippen MR) is 77.4 cm³/mol. The Bertz CT molecular complexity index is 178. The highest BCUT2D eigenvalue weighted by atomic mass is 15.2. The van der Waals surface area contributed by atoms with Crippen molar-refractivity contribution in [2.45, 2.75) is 84.1 Å².